The molecule has 3 aromatic rings. The topological polar surface area (TPSA) is 43.8 Å². The molecule has 0 spiro atoms. The standard InChI is InChI=1S/C14H12ClN3/c1-9-11-4-2-3-5-14(11)18(17-9)10-6-7-13(16)12(15)8-10/h2-8H,16H2,1H3. The van der Waals surface area contributed by atoms with Crippen LogP contribution in [0.1, 0.15) is 5.69 Å². The van der Waals surface area contributed by atoms with Gasteiger partial charge >= 0.3 is 0 Å². The second-order valence-electron chi connectivity index (χ2n) is 4.22. The Hall–Kier alpha value is -2.00. The van der Waals surface area contributed by atoms with Gasteiger partial charge in [0, 0.05) is 5.39 Å². The van der Waals surface area contributed by atoms with Crippen LogP contribution in [0.15, 0.2) is 42.5 Å². The highest BCUT2D eigenvalue weighted by Gasteiger charge is 2.09. The minimum Gasteiger partial charge on any atom is -0.398 e. The summed E-state index contributed by atoms with van der Waals surface area (Å²) in [6.45, 7) is 2.00. The van der Waals surface area contributed by atoms with Crippen molar-refractivity contribution in [2.24, 2.45) is 0 Å². The maximum absolute atomic E-state index is 6.06. The van der Waals surface area contributed by atoms with Gasteiger partial charge in [0.05, 0.1) is 27.6 Å². The third-order valence-corrected chi connectivity index (χ3v) is 3.33. The summed E-state index contributed by atoms with van der Waals surface area (Å²) in [7, 11) is 0. The summed E-state index contributed by atoms with van der Waals surface area (Å²) in [4.78, 5) is 0. The minimum absolute atomic E-state index is 0.546. The highest BCUT2D eigenvalue weighted by molar-refractivity contribution is 6.33. The van der Waals surface area contributed by atoms with Gasteiger partial charge in [-0.1, -0.05) is 29.8 Å². The van der Waals surface area contributed by atoms with Gasteiger partial charge in [-0.3, -0.25) is 0 Å². The lowest BCUT2D eigenvalue weighted by Crippen LogP contribution is -1.97. The molecule has 0 aliphatic heterocycles. The number of benzene rings is 2. The van der Waals surface area contributed by atoms with Gasteiger partial charge in [0.2, 0.25) is 0 Å². The number of rotatable bonds is 1. The molecule has 3 nitrogen and oxygen atoms in total. The normalized spacial score (nSPS) is 11.0. The molecule has 4 heteroatoms. The Morgan fingerprint density at radius 2 is 1.94 bits per heavy atom. The van der Waals surface area contributed by atoms with E-state index in [1.54, 1.807) is 6.07 Å². The zero-order valence-corrected chi connectivity index (χ0v) is 10.6. The Morgan fingerprint density at radius 3 is 2.72 bits per heavy atom. The van der Waals surface area contributed by atoms with E-state index in [1.165, 1.54) is 0 Å². The number of nitrogens with zero attached hydrogens (tertiary/aromatic N) is 2. The molecule has 0 atom stereocenters. The van der Waals surface area contributed by atoms with Crippen LogP contribution in [0, 0.1) is 6.92 Å². The Morgan fingerprint density at radius 1 is 1.17 bits per heavy atom. The number of hydrogen-bond donors (Lipinski definition) is 1. The Bertz CT molecular complexity index is 731. The highest BCUT2D eigenvalue weighted by atomic mass is 35.5. The lowest BCUT2D eigenvalue weighted by atomic mass is 10.2. The van der Waals surface area contributed by atoms with Crippen molar-refractivity contribution in [2.75, 3.05) is 5.73 Å². The van der Waals surface area contributed by atoms with Crippen molar-refractivity contribution in [3.05, 3.63) is 53.2 Å². The van der Waals surface area contributed by atoms with E-state index in [9.17, 15) is 0 Å². The van der Waals surface area contributed by atoms with Gasteiger partial charge in [-0.15, -0.1) is 0 Å². The summed E-state index contributed by atoms with van der Waals surface area (Å²) in [5, 5.41) is 6.24. The molecule has 0 radical (unpaired) electrons. The summed E-state index contributed by atoms with van der Waals surface area (Å²) >= 11 is 6.06. The lowest BCUT2D eigenvalue weighted by molar-refractivity contribution is 0.889. The fraction of sp³-hybridized carbons (Fsp3) is 0.0714. The monoisotopic (exact) mass is 257 g/mol. The number of nitrogens with two attached hydrogens (primary N) is 1. The summed E-state index contributed by atoms with van der Waals surface area (Å²) in [6.07, 6.45) is 0. The van der Waals surface area contributed by atoms with E-state index in [0.29, 0.717) is 10.7 Å². The predicted octanol–water partition coefficient (Wildman–Crippen LogP) is 3.57. The van der Waals surface area contributed by atoms with Gasteiger partial charge in [-0.05, 0) is 31.2 Å². The average Bonchev–Trinajstić information content (AvgIpc) is 2.71. The number of hydrogen-bond acceptors (Lipinski definition) is 2. The second-order valence-corrected chi connectivity index (χ2v) is 4.63. The van der Waals surface area contributed by atoms with Crippen molar-refractivity contribution in [2.45, 2.75) is 6.92 Å². The number of anilines is 1. The highest BCUT2D eigenvalue weighted by Crippen LogP contribution is 2.25. The van der Waals surface area contributed by atoms with Crippen LogP contribution in [0.25, 0.3) is 16.6 Å². The number of para-hydroxylation sites is 1. The average molecular weight is 258 g/mol. The van der Waals surface area contributed by atoms with Crippen LogP contribution in [-0.2, 0) is 0 Å². The van der Waals surface area contributed by atoms with Crippen LogP contribution in [0.5, 0.6) is 0 Å². The zero-order valence-electron chi connectivity index (χ0n) is 9.89. The summed E-state index contributed by atoms with van der Waals surface area (Å²) < 4.78 is 1.88. The molecule has 3 rings (SSSR count). The third-order valence-electron chi connectivity index (χ3n) is 3.00. The molecule has 0 fully saturated rings. The van der Waals surface area contributed by atoms with E-state index < -0.39 is 0 Å². The first-order valence-electron chi connectivity index (χ1n) is 5.66. The van der Waals surface area contributed by atoms with Crippen molar-refractivity contribution >= 4 is 28.2 Å². The van der Waals surface area contributed by atoms with Gasteiger partial charge in [-0.2, -0.15) is 5.10 Å². The van der Waals surface area contributed by atoms with E-state index in [2.05, 4.69) is 11.2 Å². The molecular weight excluding hydrogens is 246 g/mol. The first-order valence-corrected chi connectivity index (χ1v) is 6.04. The number of nitrogen functional groups attached to an aromatic ring is 1. The van der Waals surface area contributed by atoms with Gasteiger partial charge in [-0.25, -0.2) is 4.68 Å². The molecule has 0 aliphatic rings. The molecule has 0 aliphatic carbocycles. The third kappa shape index (κ3) is 1.64. The first kappa shape index (κ1) is 11.1. The molecule has 0 amide bonds. The van der Waals surface area contributed by atoms with E-state index in [4.69, 9.17) is 17.3 Å². The molecule has 0 bridgehead atoms. The lowest BCUT2D eigenvalue weighted by Gasteiger charge is -2.05. The van der Waals surface area contributed by atoms with Crippen molar-refractivity contribution in [1.82, 2.24) is 9.78 Å². The largest absolute Gasteiger partial charge is 0.398 e. The van der Waals surface area contributed by atoms with E-state index in [-0.39, 0.29) is 0 Å². The van der Waals surface area contributed by atoms with Gasteiger partial charge in [0.1, 0.15) is 0 Å². The van der Waals surface area contributed by atoms with Crippen molar-refractivity contribution in [3.63, 3.8) is 0 Å². The summed E-state index contributed by atoms with van der Waals surface area (Å²) in [5.74, 6) is 0. The predicted molar refractivity (Wildman–Crippen MR) is 75.2 cm³/mol. The molecule has 2 N–H and O–H groups in total. The zero-order chi connectivity index (χ0) is 12.7. The summed E-state index contributed by atoms with van der Waals surface area (Å²) in [5.41, 5.74) is 9.28. The molecule has 90 valence electrons. The molecule has 2 aromatic carbocycles. The van der Waals surface area contributed by atoms with Crippen LogP contribution in [0.2, 0.25) is 5.02 Å². The Kier molecular flexibility index (Phi) is 2.49. The fourth-order valence-corrected chi connectivity index (χ4v) is 2.24. The van der Waals surface area contributed by atoms with E-state index in [0.717, 1.165) is 22.3 Å². The number of aromatic nitrogens is 2. The van der Waals surface area contributed by atoms with Gasteiger partial charge < -0.3 is 5.73 Å². The van der Waals surface area contributed by atoms with Crippen LogP contribution in [0.3, 0.4) is 0 Å². The molecular formula is C14H12ClN3. The van der Waals surface area contributed by atoms with Gasteiger partial charge in [0.15, 0.2) is 0 Å². The SMILES string of the molecule is Cc1nn(-c2ccc(N)c(Cl)c2)c2ccccc12. The number of halogens is 1. The maximum Gasteiger partial charge on any atom is 0.0743 e. The second kappa shape index (κ2) is 4.03. The Labute approximate surface area is 110 Å². The number of fused-ring (bicyclic) bond motifs is 1. The van der Waals surface area contributed by atoms with Crippen molar-refractivity contribution < 1.29 is 0 Å². The molecule has 0 saturated heterocycles. The first-order chi connectivity index (χ1) is 8.66. The molecule has 0 saturated carbocycles. The molecule has 1 aromatic heterocycles. The van der Waals surface area contributed by atoms with Crippen LogP contribution in [0.4, 0.5) is 5.69 Å². The van der Waals surface area contributed by atoms with Crippen LogP contribution in [-0.4, -0.2) is 9.78 Å². The summed E-state index contributed by atoms with van der Waals surface area (Å²) in [6, 6.07) is 13.7. The van der Waals surface area contributed by atoms with Gasteiger partial charge in [0.25, 0.3) is 0 Å². The minimum atomic E-state index is 0.546. The smallest absolute Gasteiger partial charge is 0.0743 e. The fourth-order valence-electron chi connectivity index (χ4n) is 2.07. The quantitative estimate of drug-likeness (QED) is 0.678. The van der Waals surface area contributed by atoms with Crippen LogP contribution < -0.4 is 5.73 Å². The van der Waals surface area contributed by atoms with E-state index >= 15 is 0 Å². The molecule has 0 unspecified atom stereocenters. The van der Waals surface area contributed by atoms with E-state index in [1.807, 2.05) is 41.9 Å². The molecule has 18 heavy (non-hydrogen) atoms. The number of aryl methyl sites for hydroxylation is 1. The van der Waals surface area contributed by atoms with Crippen molar-refractivity contribution in [1.29, 1.82) is 0 Å². The van der Waals surface area contributed by atoms with Crippen LogP contribution >= 0.6 is 11.6 Å². The maximum atomic E-state index is 6.06. The Balaban J connectivity index is 2.28. The van der Waals surface area contributed by atoms with Crippen molar-refractivity contribution in [3.8, 4) is 5.69 Å². The molecule has 1 heterocycles.